The van der Waals surface area contributed by atoms with Crippen molar-refractivity contribution in [3.05, 3.63) is 40.1 Å². The lowest BCUT2D eigenvalue weighted by Crippen LogP contribution is -2.41. The SMILES string of the molecule is CCOc1cc2c(cc1NC(=O)C1CCN(C(=O)c3cccs3)CC1)O[C@H](C)C2. The third kappa shape index (κ3) is 4.24. The summed E-state index contributed by atoms with van der Waals surface area (Å²) in [6.07, 6.45) is 2.30. The molecule has 0 bridgehead atoms. The molecule has 1 N–H and O–H groups in total. The van der Waals surface area contributed by atoms with Crippen molar-refractivity contribution in [2.24, 2.45) is 5.92 Å². The Hall–Kier alpha value is -2.54. The zero-order valence-electron chi connectivity index (χ0n) is 16.8. The highest BCUT2D eigenvalue weighted by atomic mass is 32.1. The molecule has 1 aromatic heterocycles. The van der Waals surface area contributed by atoms with Gasteiger partial charge in [0.2, 0.25) is 5.91 Å². The summed E-state index contributed by atoms with van der Waals surface area (Å²) in [5.74, 6) is 1.41. The van der Waals surface area contributed by atoms with Gasteiger partial charge in [0.25, 0.3) is 5.91 Å². The standard InChI is InChI=1S/C22H26N2O4S/c1-3-27-19-12-16-11-14(2)28-18(16)13-17(19)23-21(25)15-6-8-24(9-7-15)22(26)20-5-4-10-29-20/h4-5,10,12-15H,3,6-9,11H2,1-2H3,(H,23,25)/t14-/m1/s1. The summed E-state index contributed by atoms with van der Waals surface area (Å²) in [5.41, 5.74) is 1.76. The number of benzene rings is 1. The van der Waals surface area contributed by atoms with Crippen molar-refractivity contribution in [3.63, 3.8) is 0 Å². The van der Waals surface area contributed by atoms with E-state index in [1.54, 1.807) is 0 Å². The van der Waals surface area contributed by atoms with Gasteiger partial charge in [-0.2, -0.15) is 0 Å². The van der Waals surface area contributed by atoms with Crippen LogP contribution in [-0.2, 0) is 11.2 Å². The van der Waals surface area contributed by atoms with Crippen LogP contribution in [0.4, 0.5) is 5.69 Å². The summed E-state index contributed by atoms with van der Waals surface area (Å²) in [7, 11) is 0. The van der Waals surface area contributed by atoms with Gasteiger partial charge in [-0.05, 0) is 44.2 Å². The third-order valence-corrected chi connectivity index (χ3v) is 6.30. The number of thiophene rings is 1. The number of carbonyl (C=O) groups excluding carboxylic acids is 2. The van der Waals surface area contributed by atoms with Gasteiger partial charge in [-0.15, -0.1) is 11.3 Å². The Bertz CT molecular complexity index is 888. The van der Waals surface area contributed by atoms with Crippen LogP contribution in [0.2, 0.25) is 0 Å². The van der Waals surface area contributed by atoms with Crippen LogP contribution in [0.15, 0.2) is 29.6 Å². The van der Waals surface area contributed by atoms with Gasteiger partial charge in [-0.3, -0.25) is 9.59 Å². The number of hydrogen-bond donors (Lipinski definition) is 1. The fourth-order valence-corrected chi connectivity index (χ4v) is 4.64. The Labute approximate surface area is 174 Å². The molecule has 2 aliphatic rings. The number of anilines is 1. The van der Waals surface area contributed by atoms with E-state index in [1.807, 2.05) is 48.4 Å². The molecule has 2 aromatic rings. The van der Waals surface area contributed by atoms with Gasteiger partial charge in [-0.25, -0.2) is 0 Å². The van der Waals surface area contributed by atoms with Gasteiger partial charge in [0, 0.05) is 37.1 Å². The van der Waals surface area contributed by atoms with Crippen molar-refractivity contribution in [1.82, 2.24) is 4.90 Å². The number of nitrogens with one attached hydrogen (secondary N) is 1. The minimum atomic E-state index is -0.120. The van der Waals surface area contributed by atoms with Gasteiger partial charge in [0.15, 0.2) is 0 Å². The van der Waals surface area contributed by atoms with Crippen LogP contribution in [0.1, 0.15) is 41.9 Å². The second-order valence-electron chi connectivity index (χ2n) is 7.55. The van der Waals surface area contributed by atoms with Crippen molar-refractivity contribution in [2.75, 3.05) is 25.0 Å². The van der Waals surface area contributed by atoms with Crippen LogP contribution in [0, 0.1) is 5.92 Å². The normalized spacial score (nSPS) is 18.8. The molecule has 0 spiro atoms. The molecule has 0 radical (unpaired) electrons. The first-order valence-corrected chi connectivity index (χ1v) is 11.0. The van der Waals surface area contributed by atoms with Gasteiger partial charge in [-0.1, -0.05) is 6.07 Å². The highest BCUT2D eigenvalue weighted by Gasteiger charge is 2.29. The molecule has 0 unspecified atom stereocenters. The zero-order chi connectivity index (χ0) is 20.4. The van der Waals surface area contributed by atoms with Gasteiger partial charge < -0.3 is 19.7 Å². The number of carbonyl (C=O) groups is 2. The lowest BCUT2D eigenvalue weighted by Gasteiger charge is -2.31. The summed E-state index contributed by atoms with van der Waals surface area (Å²) >= 11 is 1.45. The summed E-state index contributed by atoms with van der Waals surface area (Å²) in [4.78, 5) is 28.0. The Morgan fingerprint density at radius 2 is 2.10 bits per heavy atom. The predicted molar refractivity (Wildman–Crippen MR) is 113 cm³/mol. The number of likely N-dealkylation sites (tertiary alicyclic amines) is 1. The fraction of sp³-hybridized carbons (Fsp3) is 0.455. The molecule has 4 rings (SSSR count). The summed E-state index contributed by atoms with van der Waals surface area (Å²) in [6.45, 7) is 5.68. The molecule has 1 atom stereocenters. The van der Waals surface area contributed by atoms with Gasteiger partial charge in [0.1, 0.15) is 17.6 Å². The molecule has 29 heavy (non-hydrogen) atoms. The average molecular weight is 415 g/mol. The first-order valence-electron chi connectivity index (χ1n) is 10.1. The number of rotatable bonds is 5. The quantitative estimate of drug-likeness (QED) is 0.804. The Kier molecular flexibility index (Phi) is 5.76. The van der Waals surface area contributed by atoms with Crippen LogP contribution in [0.5, 0.6) is 11.5 Å². The Morgan fingerprint density at radius 1 is 1.31 bits per heavy atom. The number of ether oxygens (including phenoxy) is 2. The molecule has 6 nitrogen and oxygen atoms in total. The van der Waals surface area contributed by atoms with E-state index in [1.165, 1.54) is 11.3 Å². The molecule has 0 saturated carbocycles. The number of nitrogens with zero attached hydrogens (tertiary/aromatic N) is 1. The molecule has 2 amide bonds. The number of fused-ring (bicyclic) bond motifs is 1. The van der Waals surface area contributed by atoms with Crippen molar-refractivity contribution in [1.29, 1.82) is 0 Å². The monoisotopic (exact) mass is 414 g/mol. The molecule has 7 heteroatoms. The average Bonchev–Trinajstić information content (AvgIpc) is 3.37. The summed E-state index contributed by atoms with van der Waals surface area (Å²) < 4.78 is 11.6. The van der Waals surface area contributed by atoms with E-state index in [0.29, 0.717) is 44.0 Å². The van der Waals surface area contributed by atoms with E-state index in [2.05, 4.69) is 5.32 Å². The molecule has 0 aliphatic carbocycles. The maximum Gasteiger partial charge on any atom is 0.263 e. The molecule has 1 fully saturated rings. The first-order chi connectivity index (χ1) is 14.0. The van der Waals surface area contributed by atoms with Crippen molar-refractivity contribution in [3.8, 4) is 11.5 Å². The van der Waals surface area contributed by atoms with E-state index in [-0.39, 0.29) is 23.8 Å². The van der Waals surface area contributed by atoms with E-state index in [0.717, 1.165) is 22.6 Å². The van der Waals surface area contributed by atoms with E-state index < -0.39 is 0 Å². The summed E-state index contributed by atoms with van der Waals surface area (Å²) in [5, 5.41) is 4.94. The Balaban J connectivity index is 1.40. The number of piperidine rings is 1. The van der Waals surface area contributed by atoms with E-state index in [9.17, 15) is 9.59 Å². The maximum absolute atomic E-state index is 12.9. The molecular formula is C22H26N2O4S. The molecule has 2 aliphatic heterocycles. The van der Waals surface area contributed by atoms with Crippen LogP contribution >= 0.6 is 11.3 Å². The van der Waals surface area contributed by atoms with E-state index in [4.69, 9.17) is 9.47 Å². The minimum Gasteiger partial charge on any atom is -0.492 e. The lowest BCUT2D eigenvalue weighted by atomic mass is 9.95. The van der Waals surface area contributed by atoms with Gasteiger partial charge in [0.05, 0.1) is 17.2 Å². The molecule has 1 aromatic carbocycles. The molecule has 154 valence electrons. The number of amides is 2. The van der Waals surface area contributed by atoms with Crippen LogP contribution < -0.4 is 14.8 Å². The molecule has 1 saturated heterocycles. The number of hydrogen-bond acceptors (Lipinski definition) is 5. The molecule has 3 heterocycles. The van der Waals surface area contributed by atoms with Crippen molar-refractivity contribution in [2.45, 2.75) is 39.2 Å². The maximum atomic E-state index is 12.9. The van der Waals surface area contributed by atoms with Crippen molar-refractivity contribution >= 4 is 28.8 Å². The zero-order valence-corrected chi connectivity index (χ0v) is 17.6. The smallest absolute Gasteiger partial charge is 0.263 e. The molecular weight excluding hydrogens is 388 g/mol. The highest BCUT2D eigenvalue weighted by Crippen LogP contribution is 2.38. The fourth-order valence-electron chi connectivity index (χ4n) is 3.95. The highest BCUT2D eigenvalue weighted by molar-refractivity contribution is 7.12. The van der Waals surface area contributed by atoms with Crippen LogP contribution in [0.25, 0.3) is 0 Å². The second kappa shape index (κ2) is 8.45. The first kappa shape index (κ1) is 19.8. The minimum absolute atomic E-state index is 0.0276. The van der Waals surface area contributed by atoms with Crippen molar-refractivity contribution < 1.29 is 19.1 Å². The van der Waals surface area contributed by atoms with E-state index >= 15 is 0 Å². The predicted octanol–water partition coefficient (Wildman–Crippen LogP) is 3.96. The lowest BCUT2D eigenvalue weighted by molar-refractivity contribution is -0.121. The Morgan fingerprint density at radius 3 is 2.79 bits per heavy atom. The second-order valence-corrected chi connectivity index (χ2v) is 8.50. The third-order valence-electron chi connectivity index (χ3n) is 5.44. The van der Waals surface area contributed by atoms with Crippen LogP contribution in [-0.4, -0.2) is 42.5 Å². The topological polar surface area (TPSA) is 67.9 Å². The van der Waals surface area contributed by atoms with Gasteiger partial charge >= 0.3 is 0 Å². The summed E-state index contributed by atoms with van der Waals surface area (Å²) in [6, 6.07) is 7.57. The largest absolute Gasteiger partial charge is 0.492 e. The van der Waals surface area contributed by atoms with Crippen LogP contribution in [0.3, 0.4) is 0 Å².